The van der Waals surface area contributed by atoms with Crippen LogP contribution in [0.15, 0.2) is 60.0 Å². The molecule has 192 valence electrons. The van der Waals surface area contributed by atoms with E-state index in [9.17, 15) is 9.90 Å². The number of para-hydroxylation sites is 1. The Balaban J connectivity index is 1.36. The lowest BCUT2D eigenvalue weighted by Crippen LogP contribution is -2.58. The number of hydrogen-bond donors (Lipinski definition) is 2. The molecule has 1 aromatic heterocycles. The van der Waals surface area contributed by atoms with E-state index in [1.807, 2.05) is 60.0 Å². The van der Waals surface area contributed by atoms with Gasteiger partial charge in [-0.2, -0.15) is 0 Å². The molecule has 1 saturated heterocycles. The minimum atomic E-state index is -0.902. The number of unbranched alkanes of at least 4 members (excludes halogenated alkanes) is 2. The first-order chi connectivity index (χ1) is 17.5. The van der Waals surface area contributed by atoms with Gasteiger partial charge < -0.3 is 19.9 Å². The maximum Gasteiger partial charge on any atom is 0.240 e. The second-order valence-electron chi connectivity index (χ2n) is 9.28. The third-order valence-electron chi connectivity index (χ3n) is 6.62. The Morgan fingerprint density at radius 3 is 2.67 bits per heavy atom. The summed E-state index contributed by atoms with van der Waals surface area (Å²) in [6, 6.07) is 17.3. The zero-order valence-electron chi connectivity index (χ0n) is 21.0. The molecule has 0 spiro atoms. The Morgan fingerprint density at radius 2 is 1.94 bits per heavy atom. The van der Waals surface area contributed by atoms with E-state index in [2.05, 4.69) is 22.1 Å². The highest BCUT2D eigenvalue weighted by molar-refractivity contribution is 7.14. The number of rotatable bonds is 11. The van der Waals surface area contributed by atoms with Gasteiger partial charge >= 0.3 is 0 Å². The van der Waals surface area contributed by atoms with Gasteiger partial charge in [-0.25, -0.2) is 4.98 Å². The molecule has 0 aliphatic carbocycles. The number of hydrogen-bond acceptors (Lipinski definition) is 7. The SMILES string of the molecule is CCCCC[C@]1(O)CCN(CC(=O)Nc2nc(-c3ccc(OC)cc3)cs2)C[C@@H]1Oc1ccccc1. The number of amides is 1. The van der Waals surface area contributed by atoms with Gasteiger partial charge in [0.25, 0.3) is 0 Å². The van der Waals surface area contributed by atoms with E-state index in [1.165, 1.54) is 11.3 Å². The molecule has 0 bridgehead atoms. The summed E-state index contributed by atoms with van der Waals surface area (Å²) in [5, 5.41) is 16.9. The molecule has 1 amide bonds. The van der Waals surface area contributed by atoms with Crippen LogP contribution in [0, 0.1) is 0 Å². The standard InChI is InChI=1S/C28H35N3O4S/c1-3-4-8-15-28(33)16-17-31(18-25(28)35-23-9-6-5-7-10-23)19-26(32)30-27-29-24(20-36-27)21-11-13-22(34-2)14-12-21/h5-7,9-14,20,25,33H,3-4,8,15-19H2,1-2H3,(H,29,30,32)/t25-,28-/m0/s1. The molecule has 3 aromatic rings. The normalized spacial score (nSPS) is 20.1. The Kier molecular flexibility index (Phi) is 8.96. The van der Waals surface area contributed by atoms with Crippen molar-refractivity contribution in [2.45, 2.75) is 50.7 Å². The number of methoxy groups -OCH3 is 1. The number of benzene rings is 2. The molecule has 2 N–H and O–H groups in total. The summed E-state index contributed by atoms with van der Waals surface area (Å²) in [5.74, 6) is 1.40. The number of nitrogens with one attached hydrogen (secondary N) is 1. The zero-order valence-corrected chi connectivity index (χ0v) is 21.8. The van der Waals surface area contributed by atoms with E-state index in [4.69, 9.17) is 9.47 Å². The van der Waals surface area contributed by atoms with Gasteiger partial charge in [-0.15, -0.1) is 11.3 Å². The minimum Gasteiger partial charge on any atom is -0.497 e. The number of ether oxygens (including phenoxy) is 2. The van der Waals surface area contributed by atoms with E-state index in [0.29, 0.717) is 31.1 Å². The first-order valence-electron chi connectivity index (χ1n) is 12.6. The number of likely N-dealkylation sites (tertiary alicyclic amines) is 1. The molecular formula is C28H35N3O4S. The van der Waals surface area contributed by atoms with Crippen molar-refractivity contribution >= 4 is 22.4 Å². The van der Waals surface area contributed by atoms with Crippen LogP contribution in [0.25, 0.3) is 11.3 Å². The van der Waals surface area contributed by atoms with Crippen LogP contribution in [-0.4, -0.2) is 59.3 Å². The lowest BCUT2D eigenvalue weighted by atomic mass is 9.83. The molecule has 0 saturated carbocycles. The first-order valence-corrected chi connectivity index (χ1v) is 13.4. The number of carbonyl (C=O) groups excluding carboxylic acids is 1. The van der Waals surface area contributed by atoms with Gasteiger partial charge in [0.2, 0.25) is 5.91 Å². The summed E-state index contributed by atoms with van der Waals surface area (Å²) >= 11 is 1.40. The fraction of sp³-hybridized carbons (Fsp3) is 0.429. The van der Waals surface area contributed by atoms with Crippen molar-refractivity contribution < 1.29 is 19.4 Å². The number of thiazole rings is 1. The maximum absolute atomic E-state index is 12.8. The van der Waals surface area contributed by atoms with E-state index >= 15 is 0 Å². The number of piperidine rings is 1. The Bertz CT molecular complexity index is 1110. The molecule has 2 aromatic carbocycles. The monoisotopic (exact) mass is 509 g/mol. The zero-order chi connectivity index (χ0) is 25.4. The second kappa shape index (κ2) is 12.3. The van der Waals surface area contributed by atoms with Gasteiger partial charge in [0.1, 0.15) is 23.2 Å². The Morgan fingerprint density at radius 1 is 1.17 bits per heavy atom. The average molecular weight is 510 g/mol. The van der Waals surface area contributed by atoms with Crippen LogP contribution >= 0.6 is 11.3 Å². The molecule has 7 nitrogen and oxygen atoms in total. The van der Waals surface area contributed by atoms with Crippen molar-refractivity contribution in [2.24, 2.45) is 0 Å². The van der Waals surface area contributed by atoms with Crippen molar-refractivity contribution in [3.63, 3.8) is 0 Å². The van der Waals surface area contributed by atoms with Crippen LogP contribution < -0.4 is 14.8 Å². The number of carbonyl (C=O) groups is 1. The van der Waals surface area contributed by atoms with Crippen LogP contribution in [0.3, 0.4) is 0 Å². The predicted octanol–water partition coefficient (Wildman–Crippen LogP) is 5.22. The largest absolute Gasteiger partial charge is 0.497 e. The van der Waals surface area contributed by atoms with Gasteiger partial charge in [-0.1, -0.05) is 44.4 Å². The highest BCUT2D eigenvalue weighted by Gasteiger charge is 2.43. The fourth-order valence-electron chi connectivity index (χ4n) is 4.52. The minimum absolute atomic E-state index is 0.125. The van der Waals surface area contributed by atoms with Gasteiger partial charge in [0.05, 0.1) is 19.3 Å². The highest BCUT2D eigenvalue weighted by atomic mass is 32.1. The lowest BCUT2D eigenvalue weighted by molar-refractivity contribution is -0.127. The summed E-state index contributed by atoms with van der Waals surface area (Å²) in [6.45, 7) is 3.50. The van der Waals surface area contributed by atoms with Crippen LogP contribution in [0.5, 0.6) is 11.5 Å². The molecule has 1 aliphatic rings. The number of aliphatic hydroxyl groups is 1. The van der Waals surface area contributed by atoms with E-state index in [1.54, 1.807) is 7.11 Å². The predicted molar refractivity (Wildman–Crippen MR) is 144 cm³/mol. The van der Waals surface area contributed by atoms with Gasteiger partial charge in [-0.05, 0) is 49.2 Å². The smallest absolute Gasteiger partial charge is 0.240 e. The molecule has 36 heavy (non-hydrogen) atoms. The van der Waals surface area contributed by atoms with Crippen molar-refractivity contribution in [3.05, 3.63) is 60.0 Å². The highest BCUT2D eigenvalue weighted by Crippen LogP contribution is 2.32. The topological polar surface area (TPSA) is 83.9 Å². The summed E-state index contributed by atoms with van der Waals surface area (Å²) < 4.78 is 11.5. The van der Waals surface area contributed by atoms with Gasteiger partial charge in [-0.3, -0.25) is 9.69 Å². The van der Waals surface area contributed by atoms with Crippen molar-refractivity contribution in [2.75, 3.05) is 32.1 Å². The summed E-state index contributed by atoms with van der Waals surface area (Å²) in [7, 11) is 1.64. The molecule has 1 fully saturated rings. The van der Waals surface area contributed by atoms with E-state index in [-0.39, 0.29) is 12.5 Å². The lowest BCUT2D eigenvalue weighted by Gasteiger charge is -2.44. The Hall–Kier alpha value is -2.94. The van der Waals surface area contributed by atoms with E-state index < -0.39 is 11.7 Å². The molecular weight excluding hydrogens is 474 g/mol. The van der Waals surface area contributed by atoms with Crippen LogP contribution in [0.2, 0.25) is 0 Å². The molecule has 0 unspecified atom stereocenters. The fourth-order valence-corrected chi connectivity index (χ4v) is 5.25. The molecule has 1 aliphatic heterocycles. The number of nitrogens with zero attached hydrogens (tertiary/aromatic N) is 2. The summed E-state index contributed by atoms with van der Waals surface area (Å²) in [6.07, 6.45) is 4.01. The maximum atomic E-state index is 12.8. The van der Waals surface area contributed by atoms with Crippen LogP contribution in [0.4, 0.5) is 5.13 Å². The third kappa shape index (κ3) is 6.84. The average Bonchev–Trinajstić information content (AvgIpc) is 3.35. The van der Waals surface area contributed by atoms with Crippen molar-refractivity contribution in [1.82, 2.24) is 9.88 Å². The molecule has 8 heteroatoms. The number of anilines is 1. The molecule has 2 atom stereocenters. The first kappa shape index (κ1) is 26.1. The Labute approximate surface area is 217 Å². The number of aromatic nitrogens is 1. The molecule has 4 rings (SSSR count). The van der Waals surface area contributed by atoms with E-state index in [0.717, 1.165) is 42.0 Å². The van der Waals surface area contributed by atoms with Crippen molar-refractivity contribution in [3.8, 4) is 22.8 Å². The summed E-state index contributed by atoms with van der Waals surface area (Å²) in [5.41, 5.74) is 0.872. The molecule has 2 heterocycles. The second-order valence-corrected chi connectivity index (χ2v) is 10.1. The van der Waals surface area contributed by atoms with Crippen LogP contribution in [0.1, 0.15) is 39.0 Å². The van der Waals surface area contributed by atoms with Gasteiger partial charge in [0, 0.05) is 24.0 Å². The van der Waals surface area contributed by atoms with Crippen molar-refractivity contribution in [1.29, 1.82) is 0 Å². The third-order valence-corrected chi connectivity index (χ3v) is 7.38. The quantitative estimate of drug-likeness (QED) is 0.345. The van der Waals surface area contributed by atoms with Crippen LogP contribution in [-0.2, 0) is 4.79 Å². The molecule has 0 radical (unpaired) electrons. The summed E-state index contributed by atoms with van der Waals surface area (Å²) in [4.78, 5) is 19.5. The van der Waals surface area contributed by atoms with Gasteiger partial charge in [0.15, 0.2) is 5.13 Å².